The third kappa shape index (κ3) is 4.27. The molecule has 0 aliphatic heterocycles. The summed E-state index contributed by atoms with van der Waals surface area (Å²) in [6.45, 7) is 7.60. The number of hydrogen-bond donors (Lipinski definition) is 2. The second-order valence-electron chi connectivity index (χ2n) is 5.10. The predicted molar refractivity (Wildman–Crippen MR) is 78.8 cm³/mol. The second-order valence-corrected chi connectivity index (χ2v) is 7.72. The molecule has 0 fully saturated rings. The van der Waals surface area contributed by atoms with Gasteiger partial charge in [-0.1, -0.05) is 20.3 Å². The molecule has 0 aliphatic carbocycles. The van der Waals surface area contributed by atoms with Crippen molar-refractivity contribution in [2.75, 3.05) is 0 Å². The van der Waals surface area contributed by atoms with Crippen LogP contribution in [-0.4, -0.2) is 19.6 Å². The van der Waals surface area contributed by atoms with Crippen LogP contribution in [0.4, 0.5) is 0 Å². The van der Waals surface area contributed by atoms with Crippen molar-refractivity contribution in [2.24, 2.45) is 5.92 Å². The van der Waals surface area contributed by atoms with Crippen molar-refractivity contribution in [1.82, 2.24) is 4.72 Å². The van der Waals surface area contributed by atoms with Crippen LogP contribution < -0.4 is 4.72 Å². The summed E-state index contributed by atoms with van der Waals surface area (Å²) in [6.07, 6.45) is 1.85. The Morgan fingerprint density at radius 2 is 2.05 bits per heavy atom. The number of sulfonamides is 1. The summed E-state index contributed by atoms with van der Waals surface area (Å²) in [4.78, 5) is 0.747. The zero-order chi connectivity index (χ0) is 14.6. The summed E-state index contributed by atoms with van der Waals surface area (Å²) in [5.74, 6) is 0.485. The van der Waals surface area contributed by atoms with E-state index in [-0.39, 0.29) is 17.5 Å². The van der Waals surface area contributed by atoms with Crippen LogP contribution >= 0.6 is 11.3 Å². The van der Waals surface area contributed by atoms with Gasteiger partial charge in [0, 0.05) is 6.04 Å². The van der Waals surface area contributed by atoms with Crippen LogP contribution in [0.3, 0.4) is 0 Å². The Kier molecular flexibility index (Phi) is 5.98. The lowest BCUT2D eigenvalue weighted by Crippen LogP contribution is -2.34. The molecule has 0 amide bonds. The van der Waals surface area contributed by atoms with E-state index >= 15 is 0 Å². The molecule has 1 aromatic heterocycles. The van der Waals surface area contributed by atoms with Gasteiger partial charge in [-0.3, -0.25) is 0 Å². The summed E-state index contributed by atoms with van der Waals surface area (Å²) in [7, 11) is -3.54. The van der Waals surface area contributed by atoms with Gasteiger partial charge in [-0.2, -0.15) is 0 Å². The highest BCUT2D eigenvalue weighted by molar-refractivity contribution is 7.89. The minimum absolute atomic E-state index is 0.106. The van der Waals surface area contributed by atoms with Crippen molar-refractivity contribution in [2.45, 2.75) is 58.1 Å². The predicted octanol–water partition coefficient (Wildman–Crippen LogP) is 2.65. The maximum atomic E-state index is 12.4. The van der Waals surface area contributed by atoms with Crippen molar-refractivity contribution in [3.05, 3.63) is 15.8 Å². The fourth-order valence-corrected chi connectivity index (χ4v) is 5.02. The first-order valence-electron chi connectivity index (χ1n) is 6.52. The zero-order valence-corrected chi connectivity index (χ0v) is 13.6. The lowest BCUT2D eigenvalue weighted by molar-refractivity contribution is 0.282. The van der Waals surface area contributed by atoms with E-state index in [2.05, 4.69) is 18.6 Å². The van der Waals surface area contributed by atoms with Crippen LogP contribution in [0.25, 0.3) is 0 Å². The first-order chi connectivity index (χ1) is 8.81. The fraction of sp³-hybridized carbons (Fsp3) is 0.692. The summed E-state index contributed by atoms with van der Waals surface area (Å²) < 4.78 is 27.4. The van der Waals surface area contributed by atoms with Crippen molar-refractivity contribution in [3.63, 3.8) is 0 Å². The number of aliphatic hydroxyl groups excluding tert-OH is 1. The largest absolute Gasteiger partial charge is 0.391 e. The van der Waals surface area contributed by atoms with Gasteiger partial charge >= 0.3 is 0 Å². The SMILES string of the molecule is CCC(C)CC(C)NS(=O)(=O)c1c(C)csc1CO. The van der Waals surface area contributed by atoms with Gasteiger partial charge in [0.05, 0.1) is 11.5 Å². The van der Waals surface area contributed by atoms with E-state index in [1.54, 1.807) is 12.3 Å². The highest BCUT2D eigenvalue weighted by Gasteiger charge is 2.24. The molecule has 0 bridgehead atoms. The topological polar surface area (TPSA) is 66.4 Å². The molecule has 0 aromatic carbocycles. The lowest BCUT2D eigenvalue weighted by atomic mass is 10.0. The smallest absolute Gasteiger partial charge is 0.242 e. The molecule has 0 radical (unpaired) electrons. The maximum absolute atomic E-state index is 12.4. The first-order valence-corrected chi connectivity index (χ1v) is 8.88. The van der Waals surface area contributed by atoms with Crippen LogP contribution in [0.2, 0.25) is 0 Å². The monoisotopic (exact) mass is 305 g/mol. The molecule has 19 heavy (non-hydrogen) atoms. The standard InChI is InChI=1S/C13H23NO3S2/c1-5-9(2)6-11(4)14-19(16,17)13-10(3)8-18-12(13)7-15/h8-9,11,14-15H,5-7H2,1-4H3. The molecule has 4 nitrogen and oxygen atoms in total. The Balaban J connectivity index is 2.89. The molecular weight excluding hydrogens is 282 g/mol. The van der Waals surface area contributed by atoms with Gasteiger partial charge in [-0.15, -0.1) is 11.3 Å². The summed E-state index contributed by atoms with van der Waals surface area (Å²) in [5, 5.41) is 11.0. The quantitative estimate of drug-likeness (QED) is 0.814. The van der Waals surface area contributed by atoms with Crippen molar-refractivity contribution in [1.29, 1.82) is 0 Å². The number of aryl methyl sites for hydroxylation is 1. The Bertz CT molecular complexity index is 508. The summed E-state index contributed by atoms with van der Waals surface area (Å²) >= 11 is 1.28. The fourth-order valence-electron chi connectivity index (χ4n) is 2.10. The van der Waals surface area contributed by atoms with Gasteiger partial charge < -0.3 is 5.11 Å². The normalized spacial score (nSPS) is 15.4. The van der Waals surface area contributed by atoms with E-state index in [1.165, 1.54) is 11.3 Å². The van der Waals surface area contributed by atoms with Gasteiger partial charge in [-0.25, -0.2) is 13.1 Å². The third-order valence-corrected chi connectivity index (χ3v) is 6.25. The van der Waals surface area contributed by atoms with Crippen molar-refractivity contribution in [3.8, 4) is 0 Å². The van der Waals surface area contributed by atoms with Crippen LogP contribution in [0.15, 0.2) is 10.3 Å². The van der Waals surface area contributed by atoms with E-state index < -0.39 is 10.0 Å². The molecule has 0 spiro atoms. The van der Waals surface area contributed by atoms with Crippen LogP contribution in [0.1, 0.15) is 44.1 Å². The van der Waals surface area contributed by atoms with Crippen LogP contribution in [0, 0.1) is 12.8 Å². The third-order valence-electron chi connectivity index (χ3n) is 3.21. The minimum atomic E-state index is -3.54. The number of hydrogen-bond acceptors (Lipinski definition) is 4. The Morgan fingerprint density at radius 3 is 2.58 bits per heavy atom. The second kappa shape index (κ2) is 6.83. The molecule has 0 saturated heterocycles. The Morgan fingerprint density at radius 1 is 1.42 bits per heavy atom. The molecule has 0 aliphatic rings. The minimum Gasteiger partial charge on any atom is -0.391 e. The maximum Gasteiger partial charge on any atom is 0.242 e. The highest BCUT2D eigenvalue weighted by Crippen LogP contribution is 2.27. The molecule has 2 N–H and O–H groups in total. The summed E-state index contributed by atoms with van der Waals surface area (Å²) in [6, 6.07) is -0.106. The number of thiophene rings is 1. The average molecular weight is 305 g/mol. The highest BCUT2D eigenvalue weighted by atomic mass is 32.2. The van der Waals surface area contributed by atoms with Crippen molar-refractivity contribution < 1.29 is 13.5 Å². The molecular formula is C13H23NO3S2. The molecule has 2 atom stereocenters. The Hall–Kier alpha value is -0.430. The Labute approximate surface area is 119 Å². The number of nitrogens with one attached hydrogen (secondary N) is 1. The number of aliphatic hydroxyl groups is 1. The van der Waals surface area contributed by atoms with E-state index in [0.29, 0.717) is 16.4 Å². The zero-order valence-electron chi connectivity index (χ0n) is 11.9. The van der Waals surface area contributed by atoms with Gasteiger partial charge in [-0.05, 0) is 37.1 Å². The molecule has 1 rings (SSSR count). The first kappa shape index (κ1) is 16.6. The van der Waals surface area contributed by atoms with Gasteiger partial charge in [0.1, 0.15) is 4.90 Å². The van der Waals surface area contributed by atoms with Gasteiger partial charge in [0.2, 0.25) is 10.0 Å². The van der Waals surface area contributed by atoms with Crippen LogP contribution in [-0.2, 0) is 16.6 Å². The van der Waals surface area contributed by atoms with E-state index in [0.717, 1.165) is 12.8 Å². The lowest BCUT2D eigenvalue weighted by Gasteiger charge is -2.18. The van der Waals surface area contributed by atoms with E-state index in [9.17, 15) is 13.5 Å². The molecule has 6 heteroatoms. The molecule has 110 valence electrons. The van der Waals surface area contributed by atoms with Crippen molar-refractivity contribution >= 4 is 21.4 Å². The molecule has 0 saturated carbocycles. The number of rotatable bonds is 7. The molecule has 2 unspecified atom stereocenters. The van der Waals surface area contributed by atoms with Gasteiger partial charge in [0.15, 0.2) is 0 Å². The molecule has 1 aromatic rings. The summed E-state index contributed by atoms with van der Waals surface area (Å²) in [5.41, 5.74) is 0.692. The van der Waals surface area contributed by atoms with Crippen LogP contribution in [0.5, 0.6) is 0 Å². The average Bonchev–Trinajstić information content (AvgIpc) is 2.70. The molecule has 1 heterocycles. The van der Waals surface area contributed by atoms with E-state index in [4.69, 9.17) is 0 Å². The van der Waals surface area contributed by atoms with E-state index in [1.807, 2.05) is 6.92 Å². The van der Waals surface area contributed by atoms with Gasteiger partial charge in [0.25, 0.3) is 0 Å².